The molecule has 0 saturated carbocycles. The highest BCUT2D eigenvalue weighted by Crippen LogP contribution is 2.12. The first-order valence-electron chi connectivity index (χ1n) is 13.1. The second-order valence-corrected chi connectivity index (χ2v) is 11.4. The molecule has 1 heterocycles. The van der Waals surface area contributed by atoms with E-state index in [1.54, 1.807) is 40.7 Å². The number of carbonyl (C=O) groups is 6. The molecular formula is C26H42N4O8S2. The van der Waals surface area contributed by atoms with Crippen LogP contribution in [-0.2, 0) is 38.2 Å². The average Bonchev–Trinajstić information content (AvgIpc) is 2.84. The summed E-state index contributed by atoms with van der Waals surface area (Å²) in [5.74, 6) is -3.98. The molecule has 226 valence electrons. The Bertz CT molecular complexity index is 951. The maximum absolute atomic E-state index is 13.2. The van der Waals surface area contributed by atoms with Gasteiger partial charge in [0.15, 0.2) is 0 Å². The maximum Gasteiger partial charge on any atom is 0.326 e. The second-order valence-electron chi connectivity index (χ2n) is 10.6. The van der Waals surface area contributed by atoms with E-state index in [9.17, 15) is 28.8 Å². The monoisotopic (exact) mass is 602 g/mol. The number of ether oxygens (including phenoxy) is 2. The first-order chi connectivity index (χ1) is 18.7. The van der Waals surface area contributed by atoms with Gasteiger partial charge in [-0.1, -0.05) is 19.9 Å². The Balaban J connectivity index is 3.30. The third kappa shape index (κ3) is 13.6. The maximum atomic E-state index is 13.2. The van der Waals surface area contributed by atoms with Crippen molar-refractivity contribution in [2.45, 2.75) is 90.1 Å². The SMILES string of the molecule is CC(C)[C@H]1NC(=O)[C@H](CS)NC(=O)[C@@H](CCC(=O)OC(C)(C)C)NC(=O)C[C@@H](/C=C/CCS)OC(=O)CNC1=O. The zero-order valence-corrected chi connectivity index (χ0v) is 25.4. The number of hydrogen-bond donors (Lipinski definition) is 6. The molecule has 4 N–H and O–H groups in total. The molecule has 0 aliphatic carbocycles. The van der Waals surface area contributed by atoms with E-state index in [-0.39, 0.29) is 30.9 Å². The van der Waals surface area contributed by atoms with E-state index < -0.39 is 71.9 Å². The molecule has 12 nitrogen and oxygen atoms in total. The molecule has 1 rings (SSSR count). The topological polar surface area (TPSA) is 169 Å². The summed E-state index contributed by atoms with van der Waals surface area (Å²) >= 11 is 8.29. The van der Waals surface area contributed by atoms with Gasteiger partial charge in [0.1, 0.15) is 36.4 Å². The van der Waals surface area contributed by atoms with Gasteiger partial charge in [-0.2, -0.15) is 25.3 Å². The highest BCUT2D eigenvalue weighted by atomic mass is 32.1. The molecule has 0 spiro atoms. The standard InChI is InChI=1S/C26H42N4O8S2/c1-15(2)22-25(36)27-13-21(33)37-16(8-6-7-11-39)12-19(31)28-17(9-10-20(32)38-26(3,4)5)23(34)29-18(14-40)24(35)30-22/h6,8,15-18,22,39-40H,7,9-14H2,1-5H3,(H,27,36)(H,28,31)(H,29,34)(H,30,35)/b8-6+/t16-,17-,18+,22-/m1/s1. The van der Waals surface area contributed by atoms with Crippen LogP contribution in [0.3, 0.4) is 0 Å². The van der Waals surface area contributed by atoms with Gasteiger partial charge in [-0.15, -0.1) is 0 Å². The van der Waals surface area contributed by atoms with Crippen molar-refractivity contribution in [1.29, 1.82) is 0 Å². The largest absolute Gasteiger partial charge is 0.460 e. The molecule has 0 aromatic heterocycles. The van der Waals surface area contributed by atoms with Gasteiger partial charge in [-0.05, 0) is 51.4 Å². The van der Waals surface area contributed by atoms with Crippen molar-refractivity contribution in [3.05, 3.63) is 12.2 Å². The summed E-state index contributed by atoms with van der Waals surface area (Å²) in [7, 11) is 0. The summed E-state index contributed by atoms with van der Waals surface area (Å²) in [6.45, 7) is 8.04. The zero-order valence-electron chi connectivity index (χ0n) is 23.7. The van der Waals surface area contributed by atoms with E-state index in [1.165, 1.54) is 6.08 Å². The van der Waals surface area contributed by atoms with Gasteiger partial charge < -0.3 is 30.7 Å². The number of rotatable bonds is 8. The number of hydrogen-bond acceptors (Lipinski definition) is 10. The second kappa shape index (κ2) is 17.2. The first kappa shape index (κ1) is 35.3. The lowest BCUT2D eigenvalue weighted by atomic mass is 10.0. The highest BCUT2D eigenvalue weighted by Gasteiger charge is 2.32. The minimum atomic E-state index is -1.22. The Morgan fingerprint density at radius 3 is 2.25 bits per heavy atom. The molecule has 14 heteroatoms. The summed E-state index contributed by atoms with van der Waals surface area (Å²) < 4.78 is 10.7. The van der Waals surface area contributed by atoms with Crippen LogP contribution in [0.4, 0.5) is 0 Å². The molecule has 40 heavy (non-hydrogen) atoms. The van der Waals surface area contributed by atoms with Crippen LogP contribution >= 0.6 is 25.3 Å². The van der Waals surface area contributed by atoms with Gasteiger partial charge in [0.05, 0.1) is 6.42 Å². The Labute approximate surface area is 246 Å². The van der Waals surface area contributed by atoms with Crippen LogP contribution in [0.2, 0.25) is 0 Å². The Morgan fingerprint density at radius 2 is 1.68 bits per heavy atom. The van der Waals surface area contributed by atoms with Crippen molar-refractivity contribution in [3.8, 4) is 0 Å². The number of nitrogens with one attached hydrogen (secondary N) is 4. The molecular weight excluding hydrogens is 560 g/mol. The van der Waals surface area contributed by atoms with Gasteiger partial charge in [-0.3, -0.25) is 28.8 Å². The Morgan fingerprint density at radius 1 is 1.02 bits per heavy atom. The number of esters is 2. The highest BCUT2D eigenvalue weighted by molar-refractivity contribution is 7.80. The van der Waals surface area contributed by atoms with Crippen LogP contribution in [0.25, 0.3) is 0 Å². The Hall–Kier alpha value is -2.74. The lowest BCUT2D eigenvalue weighted by molar-refractivity contribution is -0.155. The van der Waals surface area contributed by atoms with E-state index in [4.69, 9.17) is 9.47 Å². The summed E-state index contributed by atoms with van der Waals surface area (Å²) in [5.41, 5.74) is -0.742. The molecule has 0 unspecified atom stereocenters. The van der Waals surface area contributed by atoms with Crippen LogP contribution in [0, 0.1) is 5.92 Å². The van der Waals surface area contributed by atoms with E-state index in [0.29, 0.717) is 12.2 Å². The molecule has 4 atom stereocenters. The predicted octanol–water partition coefficient (Wildman–Crippen LogP) is 0.456. The van der Waals surface area contributed by atoms with Gasteiger partial charge >= 0.3 is 11.9 Å². The lowest BCUT2D eigenvalue weighted by Crippen LogP contribution is -2.59. The number of amides is 4. The van der Waals surface area contributed by atoms with Gasteiger partial charge in [-0.25, -0.2) is 0 Å². The lowest BCUT2D eigenvalue weighted by Gasteiger charge is -2.27. The summed E-state index contributed by atoms with van der Waals surface area (Å²) in [6, 6.07) is -3.38. The van der Waals surface area contributed by atoms with Crippen molar-refractivity contribution in [3.63, 3.8) is 0 Å². The number of allylic oxidation sites excluding steroid dienone is 1. The molecule has 1 saturated heterocycles. The molecule has 1 aliphatic rings. The predicted molar refractivity (Wildman–Crippen MR) is 155 cm³/mol. The summed E-state index contributed by atoms with van der Waals surface area (Å²) in [4.78, 5) is 76.7. The van der Waals surface area contributed by atoms with Crippen molar-refractivity contribution >= 4 is 60.8 Å². The fraction of sp³-hybridized carbons (Fsp3) is 0.692. The van der Waals surface area contributed by atoms with Crippen molar-refractivity contribution in [1.82, 2.24) is 21.3 Å². The molecule has 0 bridgehead atoms. The van der Waals surface area contributed by atoms with Crippen LogP contribution in [0.15, 0.2) is 12.2 Å². The van der Waals surface area contributed by atoms with Gasteiger partial charge in [0, 0.05) is 12.2 Å². The summed E-state index contributed by atoms with van der Waals surface area (Å²) in [5, 5.41) is 10.1. The van der Waals surface area contributed by atoms with Crippen molar-refractivity contribution in [2.75, 3.05) is 18.1 Å². The van der Waals surface area contributed by atoms with Crippen LogP contribution in [-0.4, -0.2) is 83.4 Å². The third-order valence-corrected chi connectivity index (χ3v) is 6.12. The fourth-order valence-electron chi connectivity index (χ4n) is 3.57. The quantitative estimate of drug-likeness (QED) is 0.132. The minimum Gasteiger partial charge on any atom is -0.460 e. The third-order valence-electron chi connectivity index (χ3n) is 5.49. The first-order valence-corrected chi connectivity index (χ1v) is 14.4. The number of cyclic esters (lactones) is 1. The number of carbonyl (C=O) groups excluding carboxylic acids is 6. The average molecular weight is 603 g/mol. The van der Waals surface area contributed by atoms with Crippen molar-refractivity contribution in [2.24, 2.45) is 5.92 Å². The zero-order chi connectivity index (χ0) is 30.5. The molecule has 1 aliphatic heterocycles. The van der Waals surface area contributed by atoms with Crippen LogP contribution < -0.4 is 21.3 Å². The van der Waals surface area contributed by atoms with E-state index >= 15 is 0 Å². The Kier molecular flexibility index (Phi) is 15.1. The molecule has 0 aromatic rings. The van der Waals surface area contributed by atoms with E-state index in [2.05, 4.69) is 46.5 Å². The van der Waals surface area contributed by atoms with Gasteiger partial charge in [0.2, 0.25) is 23.6 Å². The van der Waals surface area contributed by atoms with Crippen LogP contribution in [0.5, 0.6) is 0 Å². The van der Waals surface area contributed by atoms with Crippen molar-refractivity contribution < 1.29 is 38.2 Å². The molecule has 1 fully saturated rings. The van der Waals surface area contributed by atoms with E-state index in [0.717, 1.165) is 0 Å². The molecule has 0 radical (unpaired) electrons. The van der Waals surface area contributed by atoms with Gasteiger partial charge in [0.25, 0.3) is 0 Å². The smallest absolute Gasteiger partial charge is 0.326 e. The van der Waals surface area contributed by atoms with E-state index in [1.807, 2.05) is 0 Å². The normalized spacial score (nSPS) is 24.1. The minimum absolute atomic E-state index is 0.110. The number of thiol groups is 2. The fourth-order valence-corrected chi connectivity index (χ4v) is 3.97. The molecule has 4 amide bonds. The van der Waals surface area contributed by atoms with Crippen LogP contribution in [0.1, 0.15) is 60.3 Å². The molecule has 0 aromatic carbocycles. The summed E-state index contributed by atoms with van der Waals surface area (Å²) in [6.07, 6.45) is 2.15.